The second-order valence-corrected chi connectivity index (χ2v) is 4.88. The van der Waals surface area contributed by atoms with E-state index >= 15 is 0 Å². The standard InChI is InChI=1S/C11H19N5O/c1-8-6-16(4-3-12-8)11-13-10(14-15-11)9-2-5-17-7-9/h8-9,12H,2-7H2,1H3,(H,13,14,15). The molecule has 0 bridgehead atoms. The van der Waals surface area contributed by atoms with Crippen molar-refractivity contribution in [1.82, 2.24) is 20.5 Å². The average molecular weight is 237 g/mol. The topological polar surface area (TPSA) is 66.1 Å². The Morgan fingerprint density at radius 2 is 2.41 bits per heavy atom. The molecule has 3 rings (SSSR count). The van der Waals surface area contributed by atoms with Gasteiger partial charge in [0, 0.05) is 38.2 Å². The number of piperazine rings is 1. The van der Waals surface area contributed by atoms with Crippen LogP contribution >= 0.6 is 0 Å². The summed E-state index contributed by atoms with van der Waals surface area (Å²) >= 11 is 0. The molecule has 17 heavy (non-hydrogen) atoms. The zero-order chi connectivity index (χ0) is 11.7. The van der Waals surface area contributed by atoms with Crippen LogP contribution in [0.4, 0.5) is 5.95 Å². The summed E-state index contributed by atoms with van der Waals surface area (Å²) in [6.45, 7) is 6.74. The number of aromatic amines is 1. The summed E-state index contributed by atoms with van der Waals surface area (Å²) in [6.07, 6.45) is 1.05. The highest BCUT2D eigenvalue weighted by Crippen LogP contribution is 2.23. The van der Waals surface area contributed by atoms with Crippen LogP contribution in [-0.2, 0) is 4.74 Å². The van der Waals surface area contributed by atoms with Gasteiger partial charge < -0.3 is 15.0 Å². The molecule has 0 saturated carbocycles. The van der Waals surface area contributed by atoms with E-state index < -0.39 is 0 Å². The van der Waals surface area contributed by atoms with Crippen LogP contribution in [0, 0.1) is 0 Å². The van der Waals surface area contributed by atoms with Crippen molar-refractivity contribution >= 4 is 5.95 Å². The maximum Gasteiger partial charge on any atom is 0.244 e. The first-order valence-corrected chi connectivity index (χ1v) is 6.31. The van der Waals surface area contributed by atoms with Gasteiger partial charge in [-0.3, -0.25) is 5.10 Å². The van der Waals surface area contributed by atoms with Crippen LogP contribution in [0.1, 0.15) is 25.1 Å². The van der Waals surface area contributed by atoms with Crippen LogP contribution in [-0.4, -0.2) is 54.1 Å². The lowest BCUT2D eigenvalue weighted by molar-refractivity contribution is 0.193. The summed E-state index contributed by atoms with van der Waals surface area (Å²) in [7, 11) is 0. The van der Waals surface area contributed by atoms with Crippen molar-refractivity contribution in [2.45, 2.75) is 25.3 Å². The fourth-order valence-electron chi connectivity index (χ4n) is 2.45. The van der Waals surface area contributed by atoms with Gasteiger partial charge in [0.15, 0.2) is 0 Å². The monoisotopic (exact) mass is 237 g/mol. The highest BCUT2D eigenvalue weighted by atomic mass is 16.5. The summed E-state index contributed by atoms with van der Waals surface area (Å²) in [5.74, 6) is 2.21. The predicted octanol–water partition coefficient (Wildman–Crippen LogP) is 0.107. The van der Waals surface area contributed by atoms with E-state index in [1.807, 2.05) is 0 Å². The molecular weight excluding hydrogens is 218 g/mol. The Balaban J connectivity index is 1.70. The van der Waals surface area contributed by atoms with Gasteiger partial charge in [-0.2, -0.15) is 4.98 Å². The summed E-state index contributed by atoms with van der Waals surface area (Å²) in [5, 5.41) is 10.8. The van der Waals surface area contributed by atoms with Gasteiger partial charge in [0.2, 0.25) is 5.95 Å². The van der Waals surface area contributed by atoms with E-state index in [0.717, 1.165) is 51.0 Å². The number of hydrogen-bond donors (Lipinski definition) is 2. The molecule has 2 aliphatic rings. The summed E-state index contributed by atoms with van der Waals surface area (Å²) < 4.78 is 5.37. The third-order valence-electron chi connectivity index (χ3n) is 3.46. The number of rotatable bonds is 2. The van der Waals surface area contributed by atoms with E-state index in [-0.39, 0.29) is 0 Å². The minimum Gasteiger partial charge on any atom is -0.381 e. The number of ether oxygens (including phenoxy) is 1. The van der Waals surface area contributed by atoms with Gasteiger partial charge in [0.05, 0.1) is 6.61 Å². The molecule has 2 N–H and O–H groups in total. The van der Waals surface area contributed by atoms with Crippen LogP contribution in [0.2, 0.25) is 0 Å². The lowest BCUT2D eigenvalue weighted by atomic mass is 10.1. The molecule has 2 saturated heterocycles. The van der Waals surface area contributed by atoms with E-state index in [1.54, 1.807) is 0 Å². The van der Waals surface area contributed by atoms with Crippen molar-refractivity contribution in [2.24, 2.45) is 0 Å². The van der Waals surface area contributed by atoms with Crippen molar-refractivity contribution < 1.29 is 4.74 Å². The van der Waals surface area contributed by atoms with Crippen molar-refractivity contribution in [2.75, 3.05) is 37.7 Å². The molecular formula is C11H19N5O. The van der Waals surface area contributed by atoms with Crippen LogP contribution in [0.5, 0.6) is 0 Å². The number of aromatic nitrogens is 3. The summed E-state index contributed by atoms with van der Waals surface area (Å²) in [6, 6.07) is 0.500. The smallest absolute Gasteiger partial charge is 0.244 e. The largest absolute Gasteiger partial charge is 0.381 e. The van der Waals surface area contributed by atoms with Crippen LogP contribution in [0.3, 0.4) is 0 Å². The van der Waals surface area contributed by atoms with E-state index in [9.17, 15) is 0 Å². The molecule has 1 aromatic heterocycles. The summed E-state index contributed by atoms with van der Waals surface area (Å²) in [5.41, 5.74) is 0. The average Bonchev–Trinajstić information content (AvgIpc) is 3.00. The lowest BCUT2D eigenvalue weighted by Gasteiger charge is -2.30. The lowest BCUT2D eigenvalue weighted by Crippen LogP contribution is -2.49. The van der Waals surface area contributed by atoms with Gasteiger partial charge in [-0.1, -0.05) is 0 Å². The van der Waals surface area contributed by atoms with Crippen molar-refractivity contribution in [1.29, 1.82) is 0 Å². The molecule has 0 spiro atoms. The molecule has 0 amide bonds. The molecule has 2 unspecified atom stereocenters. The van der Waals surface area contributed by atoms with Crippen LogP contribution in [0.25, 0.3) is 0 Å². The highest BCUT2D eigenvalue weighted by Gasteiger charge is 2.24. The van der Waals surface area contributed by atoms with Crippen molar-refractivity contribution in [3.63, 3.8) is 0 Å². The third-order valence-corrected chi connectivity index (χ3v) is 3.46. The molecule has 3 heterocycles. The third kappa shape index (κ3) is 2.28. The van der Waals surface area contributed by atoms with Gasteiger partial charge in [0.25, 0.3) is 0 Å². The Hall–Kier alpha value is -1.14. The number of hydrogen-bond acceptors (Lipinski definition) is 5. The first kappa shape index (κ1) is 11.0. The molecule has 0 aromatic carbocycles. The Labute approximate surface area is 101 Å². The van der Waals surface area contributed by atoms with Gasteiger partial charge in [-0.15, -0.1) is 5.10 Å². The fourth-order valence-corrected chi connectivity index (χ4v) is 2.45. The van der Waals surface area contributed by atoms with Gasteiger partial charge >= 0.3 is 0 Å². The second-order valence-electron chi connectivity index (χ2n) is 4.88. The predicted molar refractivity (Wildman–Crippen MR) is 64.2 cm³/mol. The molecule has 2 atom stereocenters. The van der Waals surface area contributed by atoms with E-state index in [0.29, 0.717) is 12.0 Å². The maximum absolute atomic E-state index is 5.37. The van der Waals surface area contributed by atoms with E-state index in [4.69, 9.17) is 4.74 Å². The maximum atomic E-state index is 5.37. The molecule has 0 radical (unpaired) electrons. The Morgan fingerprint density at radius 3 is 3.18 bits per heavy atom. The second kappa shape index (κ2) is 4.62. The molecule has 1 aromatic rings. The molecule has 0 aliphatic carbocycles. The van der Waals surface area contributed by atoms with Gasteiger partial charge in [0.1, 0.15) is 5.82 Å². The number of nitrogens with zero attached hydrogens (tertiary/aromatic N) is 3. The Morgan fingerprint density at radius 1 is 1.47 bits per heavy atom. The fraction of sp³-hybridized carbons (Fsp3) is 0.818. The van der Waals surface area contributed by atoms with Crippen LogP contribution < -0.4 is 10.2 Å². The SMILES string of the molecule is CC1CN(c2n[nH]c(C3CCOC3)n2)CCN1. The van der Waals surface area contributed by atoms with Crippen molar-refractivity contribution in [3.05, 3.63) is 5.82 Å². The Kier molecular flexibility index (Phi) is 2.98. The number of nitrogens with one attached hydrogen (secondary N) is 2. The molecule has 2 fully saturated rings. The molecule has 6 heteroatoms. The minimum absolute atomic E-state index is 0.400. The zero-order valence-electron chi connectivity index (χ0n) is 10.1. The zero-order valence-corrected chi connectivity index (χ0v) is 10.1. The van der Waals surface area contributed by atoms with Crippen LogP contribution in [0.15, 0.2) is 0 Å². The quantitative estimate of drug-likeness (QED) is 0.764. The minimum atomic E-state index is 0.400. The highest BCUT2D eigenvalue weighted by molar-refractivity contribution is 5.30. The van der Waals surface area contributed by atoms with E-state index in [1.165, 1.54) is 0 Å². The molecule has 94 valence electrons. The van der Waals surface area contributed by atoms with E-state index in [2.05, 4.69) is 32.3 Å². The number of H-pyrrole nitrogens is 1. The first-order valence-electron chi connectivity index (χ1n) is 6.31. The molecule has 6 nitrogen and oxygen atoms in total. The summed E-state index contributed by atoms with van der Waals surface area (Å²) in [4.78, 5) is 6.83. The van der Waals surface area contributed by atoms with Gasteiger partial charge in [-0.25, -0.2) is 0 Å². The normalized spacial score (nSPS) is 29.8. The Bertz CT molecular complexity index is 374. The number of anilines is 1. The first-order chi connectivity index (χ1) is 8.33. The van der Waals surface area contributed by atoms with Crippen molar-refractivity contribution in [3.8, 4) is 0 Å². The molecule has 2 aliphatic heterocycles. The van der Waals surface area contributed by atoms with Gasteiger partial charge in [-0.05, 0) is 13.3 Å².